The summed E-state index contributed by atoms with van der Waals surface area (Å²) in [6.07, 6.45) is 0. The normalized spacial score (nSPS) is 11.1. The number of thiophene rings is 1. The standard InChI is InChI=1S/C14H17FN2S/c1-17(8-11-2-3-18-10-11)9-13-4-12(7-16)5-14(15)6-13/h2-6,10H,7-9,16H2,1H3. The van der Waals surface area contributed by atoms with E-state index in [1.165, 1.54) is 11.6 Å². The van der Waals surface area contributed by atoms with Crippen molar-refractivity contribution in [3.05, 3.63) is 57.5 Å². The van der Waals surface area contributed by atoms with Gasteiger partial charge in [-0.1, -0.05) is 6.07 Å². The van der Waals surface area contributed by atoms with Gasteiger partial charge in [-0.2, -0.15) is 11.3 Å². The van der Waals surface area contributed by atoms with Crippen LogP contribution in [0.5, 0.6) is 0 Å². The summed E-state index contributed by atoms with van der Waals surface area (Å²) in [5.41, 5.74) is 8.65. The highest BCUT2D eigenvalue weighted by Gasteiger charge is 2.05. The molecule has 1 aromatic heterocycles. The highest BCUT2D eigenvalue weighted by atomic mass is 32.1. The van der Waals surface area contributed by atoms with E-state index >= 15 is 0 Å². The summed E-state index contributed by atoms with van der Waals surface area (Å²) >= 11 is 1.69. The van der Waals surface area contributed by atoms with Crippen LogP contribution in [0.25, 0.3) is 0 Å². The minimum Gasteiger partial charge on any atom is -0.326 e. The quantitative estimate of drug-likeness (QED) is 0.899. The molecule has 0 radical (unpaired) electrons. The lowest BCUT2D eigenvalue weighted by Gasteiger charge is -2.16. The lowest BCUT2D eigenvalue weighted by Crippen LogP contribution is -2.17. The fourth-order valence-corrected chi connectivity index (χ4v) is 2.65. The summed E-state index contributed by atoms with van der Waals surface area (Å²) in [7, 11) is 2.03. The average Bonchev–Trinajstić information content (AvgIpc) is 2.80. The maximum atomic E-state index is 13.4. The molecule has 0 bridgehead atoms. The third-order valence-electron chi connectivity index (χ3n) is 2.74. The molecule has 0 aliphatic carbocycles. The molecular weight excluding hydrogens is 247 g/mol. The smallest absolute Gasteiger partial charge is 0.123 e. The Morgan fingerprint density at radius 2 is 1.89 bits per heavy atom. The van der Waals surface area contributed by atoms with E-state index in [-0.39, 0.29) is 5.82 Å². The topological polar surface area (TPSA) is 29.3 Å². The predicted molar refractivity (Wildman–Crippen MR) is 73.8 cm³/mol. The molecule has 2 rings (SSSR count). The first-order chi connectivity index (χ1) is 8.67. The molecule has 96 valence electrons. The summed E-state index contributed by atoms with van der Waals surface area (Å²) in [5, 5.41) is 4.20. The molecular formula is C14H17FN2S. The van der Waals surface area contributed by atoms with Crippen LogP contribution in [0.3, 0.4) is 0 Å². The Labute approximate surface area is 111 Å². The Morgan fingerprint density at radius 1 is 1.17 bits per heavy atom. The van der Waals surface area contributed by atoms with Gasteiger partial charge in [0.05, 0.1) is 0 Å². The van der Waals surface area contributed by atoms with Crippen LogP contribution in [0.1, 0.15) is 16.7 Å². The van der Waals surface area contributed by atoms with E-state index in [2.05, 4.69) is 21.7 Å². The molecule has 0 spiro atoms. The third-order valence-corrected chi connectivity index (χ3v) is 3.47. The van der Waals surface area contributed by atoms with Crippen molar-refractivity contribution in [1.29, 1.82) is 0 Å². The van der Waals surface area contributed by atoms with Gasteiger partial charge in [-0.05, 0) is 52.7 Å². The maximum Gasteiger partial charge on any atom is 0.123 e. The first-order valence-corrected chi connectivity index (χ1v) is 6.79. The van der Waals surface area contributed by atoms with Gasteiger partial charge in [-0.3, -0.25) is 4.90 Å². The van der Waals surface area contributed by atoms with Crippen LogP contribution >= 0.6 is 11.3 Å². The van der Waals surface area contributed by atoms with E-state index in [9.17, 15) is 4.39 Å². The number of nitrogens with two attached hydrogens (primary N) is 1. The van der Waals surface area contributed by atoms with E-state index in [1.54, 1.807) is 17.4 Å². The first kappa shape index (κ1) is 13.2. The van der Waals surface area contributed by atoms with Crippen molar-refractivity contribution in [1.82, 2.24) is 4.90 Å². The van der Waals surface area contributed by atoms with E-state index in [0.29, 0.717) is 6.54 Å². The van der Waals surface area contributed by atoms with Crippen molar-refractivity contribution in [2.45, 2.75) is 19.6 Å². The summed E-state index contributed by atoms with van der Waals surface area (Å²) in [6.45, 7) is 1.97. The van der Waals surface area contributed by atoms with Crippen LogP contribution in [0.4, 0.5) is 4.39 Å². The van der Waals surface area contributed by atoms with E-state index < -0.39 is 0 Å². The van der Waals surface area contributed by atoms with E-state index in [1.807, 2.05) is 13.1 Å². The van der Waals surface area contributed by atoms with Gasteiger partial charge in [0.1, 0.15) is 5.82 Å². The largest absolute Gasteiger partial charge is 0.326 e. The van der Waals surface area contributed by atoms with Crippen LogP contribution in [-0.2, 0) is 19.6 Å². The van der Waals surface area contributed by atoms with Gasteiger partial charge >= 0.3 is 0 Å². The predicted octanol–water partition coefficient (Wildman–Crippen LogP) is 2.98. The number of hydrogen-bond donors (Lipinski definition) is 1. The molecule has 0 atom stereocenters. The second-order valence-corrected chi connectivity index (χ2v) is 5.26. The molecule has 2 nitrogen and oxygen atoms in total. The molecule has 2 N–H and O–H groups in total. The molecule has 0 amide bonds. The van der Waals surface area contributed by atoms with Crippen LogP contribution in [0.15, 0.2) is 35.0 Å². The molecule has 18 heavy (non-hydrogen) atoms. The first-order valence-electron chi connectivity index (χ1n) is 5.85. The van der Waals surface area contributed by atoms with Crippen molar-refractivity contribution < 1.29 is 4.39 Å². The molecule has 0 unspecified atom stereocenters. The van der Waals surface area contributed by atoms with Crippen LogP contribution in [0, 0.1) is 5.82 Å². The lowest BCUT2D eigenvalue weighted by atomic mass is 10.1. The highest BCUT2D eigenvalue weighted by molar-refractivity contribution is 7.07. The molecule has 0 aliphatic heterocycles. The zero-order chi connectivity index (χ0) is 13.0. The minimum absolute atomic E-state index is 0.211. The van der Waals surface area contributed by atoms with Crippen molar-refractivity contribution in [3.8, 4) is 0 Å². The summed E-state index contributed by atoms with van der Waals surface area (Å²) in [6, 6.07) is 7.14. The Hall–Kier alpha value is -1.23. The number of hydrogen-bond acceptors (Lipinski definition) is 3. The SMILES string of the molecule is CN(Cc1ccsc1)Cc1cc(F)cc(CN)c1. The van der Waals surface area contributed by atoms with Crippen molar-refractivity contribution in [3.63, 3.8) is 0 Å². The Balaban J connectivity index is 2.02. The third kappa shape index (κ3) is 3.63. The fourth-order valence-electron chi connectivity index (χ4n) is 1.99. The maximum absolute atomic E-state index is 13.4. The Morgan fingerprint density at radius 3 is 2.56 bits per heavy atom. The monoisotopic (exact) mass is 264 g/mol. The van der Waals surface area contributed by atoms with Crippen LogP contribution in [-0.4, -0.2) is 11.9 Å². The second kappa shape index (κ2) is 6.09. The Kier molecular flexibility index (Phi) is 4.47. The van der Waals surface area contributed by atoms with Gasteiger partial charge in [0, 0.05) is 19.6 Å². The number of halogens is 1. The van der Waals surface area contributed by atoms with Gasteiger partial charge < -0.3 is 5.73 Å². The van der Waals surface area contributed by atoms with Crippen LogP contribution in [0.2, 0.25) is 0 Å². The van der Waals surface area contributed by atoms with E-state index in [4.69, 9.17) is 5.73 Å². The molecule has 4 heteroatoms. The molecule has 0 saturated heterocycles. The summed E-state index contributed by atoms with van der Waals surface area (Å²) < 4.78 is 13.4. The molecule has 2 aromatic rings. The molecule has 1 aromatic carbocycles. The summed E-state index contributed by atoms with van der Waals surface area (Å²) in [5.74, 6) is -0.211. The van der Waals surface area contributed by atoms with E-state index in [0.717, 1.165) is 24.2 Å². The van der Waals surface area contributed by atoms with Gasteiger partial charge in [0.25, 0.3) is 0 Å². The zero-order valence-corrected chi connectivity index (χ0v) is 11.2. The van der Waals surface area contributed by atoms with Crippen molar-refractivity contribution in [2.75, 3.05) is 7.05 Å². The second-order valence-electron chi connectivity index (χ2n) is 4.48. The zero-order valence-electron chi connectivity index (χ0n) is 10.4. The van der Waals surface area contributed by atoms with Gasteiger partial charge in [0.15, 0.2) is 0 Å². The number of nitrogens with zero attached hydrogens (tertiary/aromatic N) is 1. The minimum atomic E-state index is -0.211. The average molecular weight is 264 g/mol. The fraction of sp³-hybridized carbons (Fsp3) is 0.286. The van der Waals surface area contributed by atoms with Gasteiger partial charge in [0.2, 0.25) is 0 Å². The molecule has 1 heterocycles. The Bertz CT molecular complexity index is 497. The summed E-state index contributed by atoms with van der Waals surface area (Å²) in [4.78, 5) is 2.16. The van der Waals surface area contributed by atoms with Gasteiger partial charge in [-0.25, -0.2) is 4.39 Å². The van der Waals surface area contributed by atoms with Crippen LogP contribution < -0.4 is 5.73 Å². The molecule has 0 fully saturated rings. The highest BCUT2D eigenvalue weighted by Crippen LogP contribution is 2.13. The number of benzene rings is 1. The molecule has 0 saturated carbocycles. The van der Waals surface area contributed by atoms with Crippen molar-refractivity contribution >= 4 is 11.3 Å². The van der Waals surface area contributed by atoms with Crippen molar-refractivity contribution in [2.24, 2.45) is 5.73 Å². The number of rotatable bonds is 5. The van der Waals surface area contributed by atoms with Gasteiger partial charge in [-0.15, -0.1) is 0 Å². The lowest BCUT2D eigenvalue weighted by molar-refractivity contribution is 0.319. The molecule has 0 aliphatic rings.